The van der Waals surface area contributed by atoms with E-state index in [9.17, 15) is 4.79 Å². The molecule has 0 unspecified atom stereocenters. The molecule has 5 nitrogen and oxygen atoms in total. The second-order valence-electron chi connectivity index (χ2n) is 4.26. The predicted octanol–water partition coefficient (Wildman–Crippen LogP) is 2.36. The molecule has 0 fully saturated rings. The molecule has 0 spiro atoms. The van der Waals surface area contributed by atoms with Gasteiger partial charge in [-0.25, -0.2) is 0 Å². The Morgan fingerprint density at radius 1 is 1.30 bits per heavy atom. The lowest BCUT2D eigenvalue weighted by Gasteiger charge is -2.11. The molecule has 0 saturated heterocycles. The fraction of sp³-hybridized carbons (Fsp3) is 0.143. The molecule has 20 heavy (non-hydrogen) atoms. The highest BCUT2D eigenvalue weighted by Gasteiger charge is 2.09. The molecule has 1 atom stereocenters. The third-order valence-electron chi connectivity index (χ3n) is 2.63. The fourth-order valence-electron chi connectivity index (χ4n) is 1.76. The van der Waals surface area contributed by atoms with E-state index in [2.05, 4.69) is 10.2 Å². The van der Waals surface area contributed by atoms with Crippen LogP contribution in [0.5, 0.6) is 0 Å². The van der Waals surface area contributed by atoms with E-state index < -0.39 is 6.04 Å². The minimum atomic E-state index is -0.426. The molecular formula is C14H15ClN4O. The van der Waals surface area contributed by atoms with Crippen LogP contribution in [0.4, 0.5) is 0 Å². The topological polar surface area (TPSA) is 76.7 Å². The van der Waals surface area contributed by atoms with Gasteiger partial charge >= 0.3 is 0 Å². The Labute approximate surface area is 121 Å². The van der Waals surface area contributed by atoms with Crippen molar-refractivity contribution in [3.05, 3.63) is 69.9 Å². The van der Waals surface area contributed by atoms with E-state index >= 15 is 0 Å². The highest BCUT2D eigenvalue weighted by molar-refractivity contribution is 6.30. The largest absolute Gasteiger partial charge is 0.322 e. The Kier molecular flexibility index (Phi) is 4.55. The van der Waals surface area contributed by atoms with Gasteiger partial charge in [-0.05, 0) is 25.1 Å². The zero-order valence-electron chi connectivity index (χ0n) is 11.0. The molecule has 104 valence electrons. The summed E-state index contributed by atoms with van der Waals surface area (Å²) in [6.07, 6.45) is 1.54. The van der Waals surface area contributed by atoms with Crippen LogP contribution in [0.3, 0.4) is 0 Å². The van der Waals surface area contributed by atoms with Gasteiger partial charge in [-0.2, -0.15) is 5.10 Å². The van der Waals surface area contributed by atoms with Crippen LogP contribution in [0.2, 0.25) is 5.02 Å². The zero-order valence-corrected chi connectivity index (χ0v) is 11.7. The molecule has 0 radical (unpaired) electrons. The van der Waals surface area contributed by atoms with Crippen LogP contribution in [0.1, 0.15) is 18.8 Å². The minimum absolute atomic E-state index is 0.300. The SMILES string of the molecule is C[C@H](N)c1n[nH]ccc(Cl)cc(=O)n1-c1ccccc1. The summed E-state index contributed by atoms with van der Waals surface area (Å²) in [7, 11) is 0. The first-order valence-corrected chi connectivity index (χ1v) is 6.49. The summed E-state index contributed by atoms with van der Waals surface area (Å²) < 4.78 is 1.44. The maximum Gasteiger partial charge on any atom is 0.258 e. The lowest BCUT2D eigenvalue weighted by atomic mass is 10.3. The van der Waals surface area contributed by atoms with Gasteiger partial charge in [0.2, 0.25) is 0 Å². The molecule has 0 aliphatic rings. The summed E-state index contributed by atoms with van der Waals surface area (Å²) in [5, 5.41) is 7.18. The molecule has 2 rings (SSSR count). The Morgan fingerprint density at radius 2 is 2.00 bits per heavy atom. The van der Waals surface area contributed by atoms with E-state index in [0.717, 1.165) is 0 Å². The summed E-state index contributed by atoms with van der Waals surface area (Å²) in [6, 6.07) is 11.6. The standard InChI is InChI=1S/C14H15ClN4O/c1-10(16)14-18-17-8-7-11(15)9-13(20)19(14)12-5-3-2-4-6-12/h2-10,17H,16H2,1H3/t10-/m0/s1. The van der Waals surface area contributed by atoms with E-state index in [4.69, 9.17) is 17.3 Å². The number of hydrogen-bond donors (Lipinski definition) is 2. The highest BCUT2D eigenvalue weighted by Crippen LogP contribution is 2.10. The molecule has 1 heterocycles. The van der Waals surface area contributed by atoms with Gasteiger partial charge in [0.15, 0.2) is 5.82 Å². The van der Waals surface area contributed by atoms with Crippen molar-refractivity contribution in [2.75, 3.05) is 0 Å². The number of benzene rings is 1. The van der Waals surface area contributed by atoms with Gasteiger partial charge in [-0.1, -0.05) is 29.8 Å². The van der Waals surface area contributed by atoms with Crippen molar-refractivity contribution in [3.63, 3.8) is 0 Å². The molecule has 1 aromatic carbocycles. The van der Waals surface area contributed by atoms with Gasteiger partial charge in [-0.3, -0.25) is 14.5 Å². The Bertz CT molecular complexity index is 690. The molecule has 2 aromatic rings. The van der Waals surface area contributed by atoms with E-state index in [1.54, 1.807) is 19.2 Å². The van der Waals surface area contributed by atoms with Crippen molar-refractivity contribution in [2.45, 2.75) is 13.0 Å². The summed E-state index contributed by atoms with van der Waals surface area (Å²) in [6.45, 7) is 1.76. The molecule has 3 N–H and O–H groups in total. The first kappa shape index (κ1) is 14.3. The molecule has 0 bridgehead atoms. The maximum atomic E-state index is 12.4. The molecule has 6 heteroatoms. The van der Waals surface area contributed by atoms with Crippen LogP contribution in [-0.2, 0) is 0 Å². The summed E-state index contributed by atoms with van der Waals surface area (Å²) in [5.41, 5.74) is 6.30. The smallest absolute Gasteiger partial charge is 0.258 e. The number of nitrogens with zero attached hydrogens (tertiary/aromatic N) is 2. The molecule has 0 aliphatic heterocycles. The number of aromatic nitrogens is 3. The van der Waals surface area contributed by atoms with Crippen molar-refractivity contribution < 1.29 is 0 Å². The lowest BCUT2D eigenvalue weighted by molar-refractivity contribution is 0.673. The molecule has 1 aromatic heterocycles. The number of para-hydroxylation sites is 1. The second-order valence-corrected chi connectivity index (χ2v) is 4.70. The van der Waals surface area contributed by atoms with Crippen molar-refractivity contribution >= 4 is 11.6 Å². The van der Waals surface area contributed by atoms with Crippen molar-refractivity contribution in [3.8, 4) is 5.69 Å². The Hall–Kier alpha value is -2.11. The van der Waals surface area contributed by atoms with Gasteiger partial charge in [0.1, 0.15) is 0 Å². The molecule has 0 saturated carbocycles. The molecular weight excluding hydrogens is 276 g/mol. The van der Waals surface area contributed by atoms with Gasteiger partial charge in [0.05, 0.1) is 11.7 Å². The van der Waals surface area contributed by atoms with E-state index in [-0.39, 0.29) is 5.56 Å². The number of nitrogens with two attached hydrogens (primary N) is 1. The van der Waals surface area contributed by atoms with Gasteiger partial charge in [-0.15, -0.1) is 0 Å². The number of hydrogen-bond acceptors (Lipinski definition) is 3. The van der Waals surface area contributed by atoms with Crippen LogP contribution in [0.15, 0.2) is 53.5 Å². The lowest BCUT2D eigenvalue weighted by Crippen LogP contribution is -2.24. The van der Waals surface area contributed by atoms with Gasteiger partial charge < -0.3 is 5.73 Å². The summed E-state index contributed by atoms with van der Waals surface area (Å²) >= 11 is 5.95. The average molecular weight is 291 g/mol. The van der Waals surface area contributed by atoms with E-state index in [1.807, 2.05) is 30.3 Å². The highest BCUT2D eigenvalue weighted by atomic mass is 35.5. The predicted molar refractivity (Wildman–Crippen MR) is 79.4 cm³/mol. The van der Waals surface area contributed by atoms with Crippen LogP contribution in [0.25, 0.3) is 5.69 Å². The monoisotopic (exact) mass is 290 g/mol. The van der Waals surface area contributed by atoms with E-state index in [0.29, 0.717) is 16.5 Å². The van der Waals surface area contributed by atoms with Gasteiger partial charge in [0, 0.05) is 17.3 Å². The third-order valence-corrected chi connectivity index (χ3v) is 2.86. The quantitative estimate of drug-likeness (QED) is 0.891. The minimum Gasteiger partial charge on any atom is -0.322 e. The zero-order chi connectivity index (χ0) is 14.5. The fourth-order valence-corrected chi connectivity index (χ4v) is 1.91. The maximum absolute atomic E-state index is 12.4. The number of nitrogens with one attached hydrogen (secondary N) is 1. The average Bonchev–Trinajstić information content (AvgIpc) is 2.48. The third kappa shape index (κ3) is 3.26. The van der Waals surface area contributed by atoms with Crippen LogP contribution in [0, 0.1) is 0 Å². The number of rotatable bonds is 2. The number of halogens is 1. The summed E-state index contributed by atoms with van der Waals surface area (Å²) in [4.78, 5) is 12.4. The van der Waals surface area contributed by atoms with Crippen LogP contribution < -0.4 is 11.3 Å². The van der Waals surface area contributed by atoms with Crippen molar-refractivity contribution in [1.82, 2.24) is 14.8 Å². The Balaban J connectivity index is 2.89. The summed E-state index contributed by atoms with van der Waals surface area (Å²) in [5.74, 6) is 0.411. The first-order chi connectivity index (χ1) is 9.59. The van der Waals surface area contributed by atoms with Crippen molar-refractivity contribution in [2.24, 2.45) is 5.73 Å². The number of aromatic amines is 1. The van der Waals surface area contributed by atoms with Crippen molar-refractivity contribution in [1.29, 1.82) is 0 Å². The Morgan fingerprint density at radius 3 is 2.65 bits per heavy atom. The molecule has 0 aliphatic carbocycles. The normalized spacial score (nSPS) is 11.8. The van der Waals surface area contributed by atoms with Crippen LogP contribution in [-0.4, -0.2) is 14.8 Å². The first-order valence-electron chi connectivity index (χ1n) is 6.11. The number of H-pyrrole nitrogens is 1. The van der Waals surface area contributed by atoms with E-state index in [1.165, 1.54) is 10.6 Å². The van der Waals surface area contributed by atoms with Gasteiger partial charge in [0.25, 0.3) is 5.56 Å². The second kappa shape index (κ2) is 6.36. The molecule has 0 amide bonds. The van der Waals surface area contributed by atoms with Crippen LogP contribution >= 0.6 is 11.6 Å².